The summed E-state index contributed by atoms with van der Waals surface area (Å²) < 4.78 is 36.3. The Kier molecular flexibility index (Phi) is 3.79. The lowest BCUT2D eigenvalue weighted by Crippen LogP contribution is -2.26. The number of nitrogens with two attached hydrogens (primary N) is 1. The molecule has 19 heavy (non-hydrogen) atoms. The summed E-state index contributed by atoms with van der Waals surface area (Å²) in [6.45, 7) is 2.01. The molecule has 0 aromatic carbocycles. The van der Waals surface area contributed by atoms with E-state index < -0.39 is 10.0 Å². The third-order valence-corrected chi connectivity index (χ3v) is 4.71. The largest absolute Gasteiger partial charge is 0.472 e. The number of hydrogen-bond donors (Lipinski definition) is 1. The van der Waals surface area contributed by atoms with Gasteiger partial charge in [-0.25, -0.2) is 8.42 Å². The van der Waals surface area contributed by atoms with Gasteiger partial charge in [-0.05, 0) is 13.0 Å². The highest BCUT2D eigenvalue weighted by Gasteiger charge is 2.26. The van der Waals surface area contributed by atoms with Gasteiger partial charge in [0.25, 0.3) is 0 Å². The van der Waals surface area contributed by atoms with Gasteiger partial charge in [-0.3, -0.25) is 0 Å². The highest BCUT2D eigenvalue weighted by Crippen LogP contribution is 2.23. The van der Waals surface area contributed by atoms with Gasteiger partial charge in [0.05, 0.1) is 19.1 Å². The average molecular weight is 284 g/mol. The van der Waals surface area contributed by atoms with Crippen LogP contribution in [0.25, 0.3) is 0 Å². The van der Waals surface area contributed by atoms with E-state index in [2.05, 4.69) is 0 Å². The molecule has 0 fully saturated rings. The molecule has 0 unspecified atom stereocenters. The van der Waals surface area contributed by atoms with Crippen LogP contribution in [0.15, 0.2) is 38.4 Å². The van der Waals surface area contributed by atoms with E-state index in [9.17, 15) is 8.42 Å². The van der Waals surface area contributed by atoms with Crippen LogP contribution in [0.5, 0.6) is 0 Å². The Balaban J connectivity index is 2.28. The molecule has 0 bridgehead atoms. The van der Waals surface area contributed by atoms with Crippen molar-refractivity contribution in [2.45, 2.75) is 24.9 Å². The van der Waals surface area contributed by atoms with Gasteiger partial charge < -0.3 is 14.6 Å². The van der Waals surface area contributed by atoms with E-state index in [1.54, 1.807) is 13.0 Å². The first-order valence-electron chi connectivity index (χ1n) is 5.72. The van der Waals surface area contributed by atoms with E-state index in [4.69, 9.17) is 14.6 Å². The number of hydrogen-bond acceptors (Lipinski definition) is 5. The zero-order valence-electron chi connectivity index (χ0n) is 10.8. The molecule has 0 radical (unpaired) electrons. The number of aryl methyl sites for hydroxylation is 1. The summed E-state index contributed by atoms with van der Waals surface area (Å²) in [4.78, 5) is 0.152. The molecule has 0 saturated carbocycles. The van der Waals surface area contributed by atoms with Crippen LogP contribution >= 0.6 is 0 Å². The van der Waals surface area contributed by atoms with Crippen LogP contribution in [0.1, 0.15) is 17.1 Å². The second-order valence-electron chi connectivity index (χ2n) is 4.23. The Hall–Kier alpha value is -1.57. The second-order valence-corrected chi connectivity index (χ2v) is 6.24. The maximum Gasteiger partial charge on any atom is 0.246 e. The molecule has 7 heteroatoms. The lowest BCUT2D eigenvalue weighted by Gasteiger charge is -2.15. The molecule has 0 saturated heterocycles. The average Bonchev–Trinajstić information content (AvgIpc) is 2.98. The van der Waals surface area contributed by atoms with Gasteiger partial charge >= 0.3 is 0 Å². The molecule has 2 rings (SSSR count). The van der Waals surface area contributed by atoms with E-state index in [0.29, 0.717) is 11.5 Å². The quantitative estimate of drug-likeness (QED) is 0.897. The minimum atomic E-state index is -3.59. The Morgan fingerprint density at radius 1 is 1.42 bits per heavy atom. The summed E-state index contributed by atoms with van der Waals surface area (Å²) in [5.74, 6) is 0.798. The van der Waals surface area contributed by atoms with Crippen molar-refractivity contribution in [1.82, 2.24) is 4.31 Å². The van der Waals surface area contributed by atoms with Gasteiger partial charge in [0.2, 0.25) is 10.0 Å². The highest BCUT2D eigenvalue weighted by atomic mass is 32.2. The molecular formula is C12H16N2O4S. The predicted molar refractivity (Wildman–Crippen MR) is 68.7 cm³/mol. The molecular weight excluding hydrogens is 268 g/mol. The lowest BCUT2D eigenvalue weighted by atomic mass is 10.3. The molecule has 0 aliphatic rings. The van der Waals surface area contributed by atoms with Gasteiger partial charge in [-0.15, -0.1) is 0 Å². The highest BCUT2D eigenvalue weighted by molar-refractivity contribution is 7.89. The maximum atomic E-state index is 12.4. The molecule has 0 amide bonds. The summed E-state index contributed by atoms with van der Waals surface area (Å²) in [5.41, 5.74) is 6.23. The third kappa shape index (κ3) is 2.73. The molecule has 0 spiro atoms. The summed E-state index contributed by atoms with van der Waals surface area (Å²) in [7, 11) is -2.08. The zero-order valence-corrected chi connectivity index (χ0v) is 11.6. The minimum Gasteiger partial charge on any atom is -0.472 e. The fourth-order valence-electron chi connectivity index (χ4n) is 1.77. The Bertz CT molecular complexity index is 643. The van der Waals surface area contributed by atoms with Crippen molar-refractivity contribution >= 4 is 10.0 Å². The lowest BCUT2D eigenvalue weighted by molar-refractivity contribution is 0.454. The topological polar surface area (TPSA) is 89.7 Å². The number of sulfonamides is 1. The molecule has 104 valence electrons. The monoisotopic (exact) mass is 284 g/mol. The number of furan rings is 2. The normalized spacial score (nSPS) is 12.2. The fraction of sp³-hybridized carbons (Fsp3) is 0.333. The van der Waals surface area contributed by atoms with Crippen molar-refractivity contribution in [1.29, 1.82) is 0 Å². The first-order chi connectivity index (χ1) is 8.95. The van der Waals surface area contributed by atoms with Gasteiger partial charge in [0, 0.05) is 25.2 Å². The molecule has 0 aliphatic carbocycles. The van der Waals surface area contributed by atoms with Crippen molar-refractivity contribution in [3.63, 3.8) is 0 Å². The van der Waals surface area contributed by atoms with Crippen molar-refractivity contribution in [3.8, 4) is 0 Å². The van der Waals surface area contributed by atoms with Crippen LogP contribution in [0.3, 0.4) is 0 Å². The molecule has 0 atom stereocenters. The standard InChI is InChI=1S/C12H16N2O4S/c1-9-12(5-11(6-13)18-9)19(15,16)14(2)7-10-3-4-17-8-10/h3-5,8H,6-7,13H2,1-2H3. The fourth-order valence-corrected chi connectivity index (χ4v) is 3.11. The van der Waals surface area contributed by atoms with Crippen molar-refractivity contribution in [2.24, 2.45) is 5.73 Å². The van der Waals surface area contributed by atoms with Crippen LogP contribution in [-0.2, 0) is 23.1 Å². The van der Waals surface area contributed by atoms with Gasteiger partial charge in [-0.2, -0.15) is 4.31 Å². The SMILES string of the molecule is Cc1oc(CN)cc1S(=O)(=O)N(C)Cc1ccoc1. The smallest absolute Gasteiger partial charge is 0.246 e. The van der Waals surface area contributed by atoms with Crippen LogP contribution in [0, 0.1) is 6.92 Å². The summed E-state index contributed by atoms with van der Waals surface area (Å²) in [6, 6.07) is 3.19. The molecule has 6 nitrogen and oxygen atoms in total. The van der Waals surface area contributed by atoms with Crippen LogP contribution in [-0.4, -0.2) is 19.8 Å². The molecule has 2 N–H and O–H groups in total. The van der Waals surface area contributed by atoms with E-state index in [-0.39, 0.29) is 18.0 Å². The third-order valence-electron chi connectivity index (χ3n) is 2.80. The van der Waals surface area contributed by atoms with Crippen molar-refractivity contribution in [2.75, 3.05) is 7.05 Å². The van der Waals surface area contributed by atoms with E-state index in [1.807, 2.05) is 0 Å². The molecule has 0 aliphatic heterocycles. The summed E-state index contributed by atoms with van der Waals surface area (Å²) >= 11 is 0. The molecule has 2 heterocycles. The van der Waals surface area contributed by atoms with E-state index >= 15 is 0 Å². The van der Waals surface area contributed by atoms with Crippen molar-refractivity contribution < 1.29 is 17.3 Å². The summed E-state index contributed by atoms with van der Waals surface area (Å²) in [5, 5.41) is 0. The van der Waals surface area contributed by atoms with Crippen LogP contribution < -0.4 is 5.73 Å². The van der Waals surface area contributed by atoms with Crippen molar-refractivity contribution in [3.05, 3.63) is 41.7 Å². The Morgan fingerprint density at radius 2 is 2.16 bits per heavy atom. The Morgan fingerprint density at radius 3 is 2.68 bits per heavy atom. The zero-order chi connectivity index (χ0) is 14.0. The van der Waals surface area contributed by atoms with Gasteiger partial charge in [-0.1, -0.05) is 0 Å². The molecule has 2 aromatic heterocycles. The van der Waals surface area contributed by atoms with Crippen LogP contribution in [0.4, 0.5) is 0 Å². The summed E-state index contributed by atoms with van der Waals surface area (Å²) in [6.07, 6.45) is 3.02. The van der Waals surface area contributed by atoms with E-state index in [1.165, 1.54) is 29.9 Å². The van der Waals surface area contributed by atoms with Crippen LogP contribution in [0.2, 0.25) is 0 Å². The van der Waals surface area contributed by atoms with E-state index in [0.717, 1.165) is 5.56 Å². The number of nitrogens with zero attached hydrogens (tertiary/aromatic N) is 1. The Labute approximate surface area is 111 Å². The first kappa shape index (κ1) is 13.9. The number of rotatable bonds is 5. The molecule has 2 aromatic rings. The first-order valence-corrected chi connectivity index (χ1v) is 7.16. The van der Waals surface area contributed by atoms with Gasteiger partial charge in [0.1, 0.15) is 16.4 Å². The maximum absolute atomic E-state index is 12.4. The minimum absolute atomic E-state index is 0.152. The predicted octanol–water partition coefficient (Wildman–Crippen LogP) is 1.46. The van der Waals surface area contributed by atoms with Gasteiger partial charge in [0.15, 0.2) is 0 Å². The second kappa shape index (κ2) is 5.20.